The topological polar surface area (TPSA) is 76.1 Å². The van der Waals surface area contributed by atoms with E-state index >= 15 is 0 Å². The molecular formula is C27H16N2O3S. The van der Waals surface area contributed by atoms with Crippen molar-refractivity contribution in [1.29, 1.82) is 5.26 Å². The normalized spacial score (nSPS) is 11.3. The highest BCUT2D eigenvalue weighted by atomic mass is 32.1. The second kappa shape index (κ2) is 8.95. The third kappa shape index (κ3) is 4.45. The molecule has 0 amide bonds. The summed E-state index contributed by atoms with van der Waals surface area (Å²) in [4.78, 5) is 17.0. The number of fused-ring (bicyclic) bond motifs is 1. The number of aromatic nitrogens is 1. The third-order valence-corrected chi connectivity index (χ3v) is 5.80. The lowest BCUT2D eigenvalue weighted by atomic mass is 10.1. The van der Waals surface area contributed by atoms with Gasteiger partial charge in [0.25, 0.3) is 0 Å². The maximum absolute atomic E-state index is 12.5. The maximum Gasteiger partial charge on any atom is 0.345 e. The summed E-state index contributed by atoms with van der Waals surface area (Å²) in [5.74, 6) is 1.40. The van der Waals surface area contributed by atoms with Crippen LogP contribution < -0.4 is 10.4 Å². The van der Waals surface area contributed by atoms with Crippen LogP contribution in [-0.4, -0.2) is 4.98 Å². The average Bonchev–Trinajstić information content (AvgIpc) is 3.33. The van der Waals surface area contributed by atoms with E-state index in [-0.39, 0.29) is 0 Å². The summed E-state index contributed by atoms with van der Waals surface area (Å²) in [5.41, 5.74) is 2.12. The smallest absolute Gasteiger partial charge is 0.345 e. The number of para-hydroxylation sites is 2. The molecule has 0 atom stereocenters. The number of ether oxygens (including phenoxy) is 1. The Morgan fingerprint density at radius 1 is 0.970 bits per heavy atom. The van der Waals surface area contributed by atoms with Crippen molar-refractivity contribution in [2.24, 2.45) is 0 Å². The van der Waals surface area contributed by atoms with Gasteiger partial charge in [-0.05, 0) is 48.0 Å². The molecule has 6 heteroatoms. The first-order chi connectivity index (χ1) is 16.2. The van der Waals surface area contributed by atoms with Crippen molar-refractivity contribution in [3.8, 4) is 28.8 Å². The molecule has 0 spiro atoms. The quantitative estimate of drug-likeness (QED) is 0.219. The highest BCUT2D eigenvalue weighted by molar-refractivity contribution is 7.11. The van der Waals surface area contributed by atoms with Crippen LogP contribution in [0.5, 0.6) is 11.5 Å². The standard InChI is InChI=1S/C27H16N2O3S/c28-16-20(13-18-7-6-11-22(14-18)31-21-9-2-1-3-10-21)26-29-24(17-33-26)23-15-19-8-4-5-12-25(19)32-27(23)30/h1-15,17H. The Kier molecular flexibility index (Phi) is 5.54. The van der Waals surface area contributed by atoms with Gasteiger partial charge in [0.1, 0.15) is 28.2 Å². The molecule has 33 heavy (non-hydrogen) atoms. The van der Waals surface area contributed by atoms with Crippen molar-refractivity contribution in [1.82, 2.24) is 4.98 Å². The minimum atomic E-state index is -0.459. The Hall–Kier alpha value is -4.47. The molecule has 0 saturated heterocycles. The first-order valence-electron chi connectivity index (χ1n) is 10.1. The Bertz CT molecular complexity index is 1580. The molecule has 0 aliphatic rings. The van der Waals surface area contributed by atoms with Crippen LogP contribution in [0.2, 0.25) is 0 Å². The van der Waals surface area contributed by atoms with E-state index in [0.717, 1.165) is 16.7 Å². The lowest BCUT2D eigenvalue weighted by Gasteiger charge is -2.06. The molecule has 0 aliphatic heterocycles. The van der Waals surface area contributed by atoms with Crippen LogP contribution in [0.15, 0.2) is 99.5 Å². The molecule has 0 saturated carbocycles. The lowest BCUT2D eigenvalue weighted by molar-refractivity contribution is 0.482. The molecular weight excluding hydrogens is 432 g/mol. The molecule has 0 fully saturated rings. The van der Waals surface area contributed by atoms with E-state index in [1.54, 1.807) is 23.6 Å². The first-order valence-corrected chi connectivity index (χ1v) is 11.0. The van der Waals surface area contributed by atoms with Crippen molar-refractivity contribution in [3.63, 3.8) is 0 Å². The summed E-state index contributed by atoms with van der Waals surface area (Å²) < 4.78 is 11.3. The number of allylic oxidation sites excluding steroid dienone is 1. The minimum absolute atomic E-state index is 0.367. The summed E-state index contributed by atoms with van der Waals surface area (Å²) in [6, 6.07) is 28.3. The van der Waals surface area contributed by atoms with E-state index in [0.29, 0.717) is 33.2 Å². The van der Waals surface area contributed by atoms with Gasteiger partial charge < -0.3 is 9.15 Å². The van der Waals surface area contributed by atoms with E-state index in [9.17, 15) is 10.1 Å². The molecule has 2 heterocycles. The maximum atomic E-state index is 12.5. The first kappa shape index (κ1) is 20.4. The SMILES string of the molecule is N#CC(=Cc1cccc(Oc2ccccc2)c1)c1nc(-c2cc3ccccc3oc2=O)cs1. The molecule has 5 nitrogen and oxygen atoms in total. The Balaban J connectivity index is 1.45. The van der Waals surface area contributed by atoms with Crippen molar-refractivity contribution >= 4 is 34.0 Å². The number of nitriles is 1. The van der Waals surface area contributed by atoms with Crippen molar-refractivity contribution in [2.75, 3.05) is 0 Å². The predicted octanol–water partition coefficient (Wildman–Crippen LogP) is 6.77. The van der Waals surface area contributed by atoms with E-state index < -0.39 is 5.63 Å². The number of hydrogen-bond acceptors (Lipinski definition) is 6. The van der Waals surface area contributed by atoms with Crippen molar-refractivity contribution in [2.45, 2.75) is 0 Å². The van der Waals surface area contributed by atoms with Gasteiger partial charge in [-0.15, -0.1) is 11.3 Å². The summed E-state index contributed by atoms with van der Waals surface area (Å²) in [7, 11) is 0. The molecule has 158 valence electrons. The van der Waals surface area contributed by atoms with Crippen molar-refractivity contribution < 1.29 is 9.15 Å². The van der Waals surface area contributed by atoms with Crippen LogP contribution in [0.4, 0.5) is 0 Å². The van der Waals surface area contributed by atoms with Gasteiger partial charge in [0.2, 0.25) is 0 Å². The van der Waals surface area contributed by atoms with E-state index in [2.05, 4.69) is 11.1 Å². The predicted molar refractivity (Wildman–Crippen MR) is 130 cm³/mol. The minimum Gasteiger partial charge on any atom is -0.457 e. The van der Waals surface area contributed by atoms with Gasteiger partial charge in [0.15, 0.2) is 0 Å². The highest BCUT2D eigenvalue weighted by Gasteiger charge is 2.14. The van der Waals surface area contributed by atoms with Crippen LogP contribution in [-0.2, 0) is 0 Å². The zero-order valence-electron chi connectivity index (χ0n) is 17.3. The Labute approximate surface area is 193 Å². The van der Waals surface area contributed by atoms with E-state index in [4.69, 9.17) is 9.15 Å². The number of thiazole rings is 1. The largest absolute Gasteiger partial charge is 0.457 e. The zero-order valence-corrected chi connectivity index (χ0v) is 18.1. The van der Waals surface area contributed by atoms with E-state index in [1.165, 1.54) is 11.3 Å². The van der Waals surface area contributed by atoms with Gasteiger partial charge >= 0.3 is 5.63 Å². The zero-order chi connectivity index (χ0) is 22.6. The molecule has 5 aromatic rings. The summed E-state index contributed by atoms with van der Waals surface area (Å²) in [6.45, 7) is 0. The molecule has 0 aliphatic carbocycles. The highest BCUT2D eigenvalue weighted by Crippen LogP contribution is 2.28. The van der Waals surface area contributed by atoms with E-state index in [1.807, 2.05) is 72.8 Å². The molecule has 3 aromatic carbocycles. The molecule has 2 aromatic heterocycles. The van der Waals surface area contributed by atoms with Crippen LogP contribution in [0.25, 0.3) is 33.9 Å². The number of benzene rings is 3. The summed E-state index contributed by atoms with van der Waals surface area (Å²) >= 11 is 1.30. The van der Waals surface area contributed by atoms with Crippen LogP contribution in [0.1, 0.15) is 10.6 Å². The second-order valence-electron chi connectivity index (χ2n) is 7.18. The fraction of sp³-hybridized carbons (Fsp3) is 0. The molecule has 0 N–H and O–H groups in total. The second-order valence-corrected chi connectivity index (χ2v) is 8.04. The Morgan fingerprint density at radius 3 is 2.61 bits per heavy atom. The number of rotatable bonds is 5. The Morgan fingerprint density at radius 2 is 1.76 bits per heavy atom. The molecule has 0 bridgehead atoms. The van der Waals surface area contributed by atoms with Crippen LogP contribution >= 0.6 is 11.3 Å². The monoisotopic (exact) mass is 448 g/mol. The number of hydrogen-bond donors (Lipinski definition) is 0. The van der Waals surface area contributed by atoms with Crippen molar-refractivity contribution in [3.05, 3.63) is 111 Å². The fourth-order valence-electron chi connectivity index (χ4n) is 3.36. The molecule has 0 radical (unpaired) electrons. The molecule has 0 unspecified atom stereocenters. The molecule has 5 rings (SSSR count). The fourth-order valence-corrected chi connectivity index (χ4v) is 4.15. The van der Waals surface area contributed by atoms with Crippen LogP contribution in [0.3, 0.4) is 0 Å². The number of nitrogens with zero attached hydrogens (tertiary/aromatic N) is 2. The van der Waals surface area contributed by atoms with Gasteiger partial charge in [-0.1, -0.05) is 48.5 Å². The van der Waals surface area contributed by atoms with Gasteiger partial charge in [-0.3, -0.25) is 0 Å². The van der Waals surface area contributed by atoms with Gasteiger partial charge in [-0.2, -0.15) is 5.26 Å². The summed E-state index contributed by atoms with van der Waals surface area (Å²) in [5, 5.41) is 12.9. The van der Waals surface area contributed by atoms with Gasteiger partial charge in [-0.25, -0.2) is 9.78 Å². The average molecular weight is 449 g/mol. The lowest BCUT2D eigenvalue weighted by Crippen LogP contribution is -2.02. The third-order valence-electron chi connectivity index (χ3n) is 4.92. The van der Waals surface area contributed by atoms with Crippen LogP contribution in [0, 0.1) is 11.3 Å². The van der Waals surface area contributed by atoms with Gasteiger partial charge in [0, 0.05) is 10.8 Å². The van der Waals surface area contributed by atoms with Gasteiger partial charge in [0.05, 0.1) is 16.8 Å². The summed E-state index contributed by atoms with van der Waals surface area (Å²) in [6.07, 6.45) is 1.75.